The molecule has 0 aliphatic heterocycles. The monoisotopic (exact) mass is 476 g/mol. The van der Waals surface area contributed by atoms with Crippen LogP contribution < -0.4 is 9.62 Å². The van der Waals surface area contributed by atoms with Crippen molar-refractivity contribution in [1.82, 2.24) is 0 Å². The van der Waals surface area contributed by atoms with Crippen LogP contribution in [0.4, 0.5) is 11.4 Å². The smallest absolute Gasteiger partial charge is 0.264 e. The molecule has 0 bridgehead atoms. The third kappa shape index (κ3) is 5.58. The van der Waals surface area contributed by atoms with Gasteiger partial charge in [-0.25, -0.2) is 8.42 Å². The van der Waals surface area contributed by atoms with Crippen molar-refractivity contribution in [2.75, 3.05) is 16.2 Å². The van der Waals surface area contributed by atoms with Crippen molar-refractivity contribution in [1.29, 1.82) is 0 Å². The number of halogens is 2. The number of rotatable bonds is 7. The van der Waals surface area contributed by atoms with E-state index in [1.807, 2.05) is 32.0 Å². The summed E-state index contributed by atoms with van der Waals surface area (Å²) in [5, 5.41) is 3.35. The van der Waals surface area contributed by atoms with Gasteiger partial charge in [0.05, 0.1) is 10.6 Å². The third-order valence-electron chi connectivity index (χ3n) is 4.70. The second-order valence-corrected chi connectivity index (χ2v) is 9.75. The van der Waals surface area contributed by atoms with Crippen LogP contribution in [0.5, 0.6) is 0 Å². The maximum atomic E-state index is 13.4. The Morgan fingerprint density at radius 1 is 0.968 bits per heavy atom. The Labute approximate surface area is 192 Å². The van der Waals surface area contributed by atoms with E-state index in [-0.39, 0.29) is 20.6 Å². The van der Waals surface area contributed by atoms with Gasteiger partial charge in [-0.3, -0.25) is 9.10 Å². The Hall–Kier alpha value is -2.54. The minimum Gasteiger partial charge on any atom is -0.324 e. The molecule has 3 rings (SSSR count). The maximum Gasteiger partial charge on any atom is 0.264 e. The van der Waals surface area contributed by atoms with Gasteiger partial charge in [-0.15, -0.1) is 0 Å². The third-order valence-corrected chi connectivity index (χ3v) is 6.93. The number of carbonyl (C=O) groups excluding carboxylic acids is 1. The predicted molar refractivity (Wildman–Crippen MR) is 127 cm³/mol. The highest BCUT2D eigenvalue weighted by atomic mass is 35.5. The fourth-order valence-electron chi connectivity index (χ4n) is 3.11. The molecule has 3 aromatic rings. The first kappa shape index (κ1) is 23.1. The summed E-state index contributed by atoms with van der Waals surface area (Å²) in [4.78, 5) is 12.9. The number of hydrogen-bond donors (Lipinski definition) is 1. The van der Waals surface area contributed by atoms with Crippen LogP contribution in [0.25, 0.3) is 0 Å². The van der Waals surface area contributed by atoms with Crippen molar-refractivity contribution in [3.8, 4) is 0 Å². The fraction of sp³-hybridized carbons (Fsp3) is 0.174. The van der Waals surface area contributed by atoms with E-state index in [1.165, 1.54) is 30.3 Å². The summed E-state index contributed by atoms with van der Waals surface area (Å²) in [5.41, 5.74) is 2.73. The van der Waals surface area contributed by atoms with E-state index in [0.29, 0.717) is 5.69 Å². The molecule has 0 aliphatic rings. The second kappa shape index (κ2) is 9.73. The molecule has 3 aromatic carbocycles. The van der Waals surface area contributed by atoms with Crippen LogP contribution in [0.1, 0.15) is 18.1 Å². The summed E-state index contributed by atoms with van der Waals surface area (Å²) in [6.07, 6.45) is 0.728. The second-order valence-electron chi connectivity index (χ2n) is 7.01. The standard InChI is InChI=1S/C23H22Cl2N2O3S/c1-3-17-6-4-5-7-22(17)26-23(28)15-27(20-13-18(24)12-19(25)14-20)31(29,30)21-10-8-16(2)9-11-21/h4-14H,3,15H2,1-2H3,(H,26,28). The van der Waals surface area contributed by atoms with Gasteiger partial charge in [0.25, 0.3) is 10.0 Å². The number of sulfonamides is 1. The lowest BCUT2D eigenvalue weighted by Crippen LogP contribution is -2.38. The molecule has 5 nitrogen and oxygen atoms in total. The molecule has 0 saturated heterocycles. The average Bonchev–Trinajstić information content (AvgIpc) is 2.72. The van der Waals surface area contributed by atoms with Crippen LogP contribution in [0, 0.1) is 6.92 Å². The van der Waals surface area contributed by atoms with Gasteiger partial charge in [-0.2, -0.15) is 0 Å². The summed E-state index contributed by atoms with van der Waals surface area (Å²) in [7, 11) is -4.05. The van der Waals surface area contributed by atoms with Crippen LogP contribution in [-0.4, -0.2) is 20.9 Å². The summed E-state index contributed by atoms with van der Waals surface area (Å²) in [6.45, 7) is 3.40. The van der Waals surface area contributed by atoms with Crippen LogP contribution in [-0.2, 0) is 21.2 Å². The highest BCUT2D eigenvalue weighted by molar-refractivity contribution is 7.92. The number of para-hydroxylation sites is 1. The SMILES string of the molecule is CCc1ccccc1NC(=O)CN(c1cc(Cl)cc(Cl)c1)S(=O)(=O)c1ccc(C)cc1. The summed E-state index contributed by atoms with van der Waals surface area (Å²) in [6, 6.07) is 18.2. The number of benzene rings is 3. The first-order chi connectivity index (χ1) is 14.7. The molecule has 1 N–H and O–H groups in total. The zero-order valence-corrected chi connectivity index (χ0v) is 19.4. The van der Waals surface area contributed by atoms with Gasteiger partial charge >= 0.3 is 0 Å². The molecule has 0 saturated carbocycles. The van der Waals surface area contributed by atoms with Crippen molar-refractivity contribution in [2.45, 2.75) is 25.2 Å². The van der Waals surface area contributed by atoms with Crippen LogP contribution in [0.15, 0.2) is 71.6 Å². The molecule has 0 heterocycles. The predicted octanol–water partition coefficient (Wildman–Crippen LogP) is 5.70. The molecule has 0 aliphatic carbocycles. The number of hydrogen-bond acceptors (Lipinski definition) is 3. The summed E-state index contributed by atoms with van der Waals surface area (Å²) in [5.74, 6) is -0.479. The van der Waals surface area contributed by atoms with Gasteiger partial charge in [0, 0.05) is 15.7 Å². The van der Waals surface area contributed by atoms with Gasteiger partial charge in [0.2, 0.25) is 5.91 Å². The molecule has 0 unspecified atom stereocenters. The number of carbonyl (C=O) groups is 1. The molecule has 0 aromatic heterocycles. The lowest BCUT2D eigenvalue weighted by Gasteiger charge is -2.25. The minimum atomic E-state index is -4.05. The average molecular weight is 477 g/mol. The zero-order chi connectivity index (χ0) is 22.6. The molecule has 0 fully saturated rings. The lowest BCUT2D eigenvalue weighted by atomic mass is 10.1. The largest absolute Gasteiger partial charge is 0.324 e. The van der Waals surface area contributed by atoms with E-state index >= 15 is 0 Å². The van der Waals surface area contributed by atoms with Gasteiger partial charge in [0.1, 0.15) is 6.54 Å². The van der Waals surface area contributed by atoms with Crippen molar-refractivity contribution in [2.24, 2.45) is 0 Å². The first-order valence-electron chi connectivity index (χ1n) is 9.64. The zero-order valence-electron chi connectivity index (χ0n) is 17.1. The Morgan fingerprint density at radius 3 is 2.19 bits per heavy atom. The van der Waals surface area contributed by atoms with Crippen LogP contribution >= 0.6 is 23.2 Å². The molecule has 0 radical (unpaired) electrons. The van der Waals surface area contributed by atoms with E-state index in [0.717, 1.165) is 21.9 Å². The Morgan fingerprint density at radius 2 is 1.58 bits per heavy atom. The number of aryl methyl sites for hydroxylation is 2. The highest BCUT2D eigenvalue weighted by Crippen LogP contribution is 2.30. The normalized spacial score (nSPS) is 11.2. The van der Waals surface area contributed by atoms with Gasteiger partial charge in [-0.1, -0.05) is 66.0 Å². The topological polar surface area (TPSA) is 66.5 Å². The van der Waals surface area contributed by atoms with Crippen molar-refractivity contribution in [3.63, 3.8) is 0 Å². The number of amides is 1. The number of anilines is 2. The number of nitrogens with one attached hydrogen (secondary N) is 1. The van der Waals surface area contributed by atoms with Crippen molar-refractivity contribution < 1.29 is 13.2 Å². The highest BCUT2D eigenvalue weighted by Gasteiger charge is 2.28. The molecule has 31 heavy (non-hydrogen) atoms. The maximum absolute atomic E-state index is 13.4. The summed E-state index contributed by atoms with van der Waals surface area (Å²) < 4.78 is 27.9. The van der Waals surface area contributed by atoms with Crippen molar-refractivity contribution >= 4 is 50.5 Å². The van der Waals surface area contributed by atoms with Crippen molar-refractivity contribution in [3.05, 3.63) is 87.9 Å². The molecular weight excluding hydrogens is 455 g/mol. The molecule has 162 valence electrons. The Bertz CT molecular complexity index is 1180. The summed E-state index contributed by atoms with van der Waals surface area (Å²) >= 11 is 12.2. The van der Waals surface area contributed by atoms with E-state index in [1.54, 1.807) is 18.2 Å². The molecular formula is C23H22Cl2N2O3S. The van der Waals surface area contributed by atoms with Gasteiger partial charge in [-0.05, 0) is 55.3 Å². The fourth-order valence-corrected chi connectivity index (χ4v) is 5.03. The van der Waals surface area contributed by atoms with E-state index < -0.39 is 22.5 Å². The van der Waals surface area contributed by atoms with E-state index in [9.17, 15) is 13.2 Å². The van der Waals surface area contributed by atoms with E-state index in [2.05, 4.69) is 5.32 Å². The number of nitrogens with zero attached hydrogens (tertiary/aromatic N) is 1. The van der Waals surface area contributed by atoms with E-state index in [4.69, 9.17) is 23.2 Å². The molecule has 0 spiro atoms. The van der Waals surface area contributed by atoms with Crippen LogP contribution in [0.3, 0.4) is 0 Å². The van der Waals surface area contributed by atoms with Gasteiger partial charge < -0.3 is 5.32 Å². The lowest BCUT2D eigenvalue weighted by molar-refractivity contribution is -0.114. The van der Waals surface area contributed by atoms with Gasteiger partial charge in [0.15, 0.2) is 0 Å². The quantitative estimate of drug-likeness (QED) is 0.475. The Kier molecular flexibility index (Phi) is 7.26. The Balaban J connectivity index is 1.99. The molecule has 1 amide bonds. The molecule has 8 heteroatoms. The first-order valence-corrected chi connectivity index (χ1v) is 11.8. The van der Waals surface area contributed by atoms with Crippen LogP contribution in [0.2, 0.25) is 10.0 Å². The molecule has 0 atom stereocenters. The minimum absolute atomic E-state index is 0.0657.